The molecule has 0 spiro atoms. The minimum Gasteiger partial charge on any atom is -0.494 e. The van der Waals surface area contributed by atoms with Gasteiger partial charge in [0, 0.05) is 35.6 Å². The average molecular weight is 442 g/mol. The van der Waals surface area contributed by atoms with Gasteiger partial charge in [0.25, 0.3) is 0 Å². The van der Waals surface area contributed by atoms with Gasteiger partial charge in [-0.3, -0.25) is 14.9 Å². The molecule has 4 aromatic rings. The van der Waals surface area contributed by atoms with Crippen LogP contribution in [0.25, 0.3) is 21.5 Å². The number of nitrogens with zero attached hydrogens (tertiary/aromatic N) is 1. The summed E-state index contributed by atoms with van der Waals surface area (Å²) in [4.78, 5) is 36.2. The van der Waals surface area contributed by atoms with E-state index in [1.54, 1.807) is 18.3 Å². The Morgan fingerprint density at radius 3 is 2.67 bits per heavy atom. The molecule has 0 saturated carbocycles. The van der Waals surface area contributed by atoms with Crippen molar-refractivity contribution in [3.8, 4) is 5.88 Å². The number of aromatic hydroxyl groups is 1. The summed E-state index contributed by atoms with van der Waals surface area (Å²) in [7, 11) is 0. The Bertz CT molecular complexity index is 1410. The summed E-state index contributed by atoms with van der Waals surface area (Å²) in [5.74, 6) is -0.784. The number of urea groups is 1. The maximum Gasteiger partial charge on any atom is 0.319 e. The molecule has 8 nitrogen and oxygen atoms in total. The van der Waals surface area contributed by atoms with Crippen molar-refractivity contribution in [3.05, 3.63) is 72.4 Å². The second-order valence-corrected chi connectivity index (χ2v) is 8.07. The highest BCUT2D eigenvalue weighted by Crippen LogP contribution is 2.34. The first kappa shape index (κ1) is 20.6. The molecule has 166 valence electrons. The number of amides is 4. The van der Waals surface area contributed by atoms with E-state index in [0.717, 1.165) is 21.7 Å². The molecule has 5 rings (SSSR count). The highest BCUT2D eigenvalue weighted by molar-refractivity contribution is 6.00. The third kappa shape index (κ3) is 3.98. The average Bonchev–Trinajstić information content (AvgIpc) is 3.14. The molecule has 1 unspecified atom stereocenters. The lowest BCUT2D eigenvalue weighted by Crippen LogP contribution is -2.41. The van der Waals surface area contributed by atoms with Crippen molar-refractivity contribution >= 4 is 45.1 Å². The maximum absolute atomic E-state index is 12.5. The summed E-state index contributed by atoms with van der Waals surface area (Å²) in [5, 5.41) is 22.1. The Hall–Kier alpha value is -4.33. The van der Waals surface area contributed by atoms with Gasteiger partial charge in [0.1, 0.15) is 6.04 Å². The topological polar surface area (TPSA) is 112 Å². The van der Waals surface area contributed by atoms with Gasteiger partial charge in [-0.25, -0.2) is 4.79 Å². The number of piperidine rings is 1. The number of rotatable bonds is 4. The van der Waals surface area contributed by atoms with E-state index >= 15 is 0 Å². The Morgan fingerprint density at radius 2 is 1.85 bits per heavy atom. The first-order valence-electron chi connectivity index (χ1n) is 10.7. The van der Waals surface area contributed by atoms with Crippen LogP contribution in [0, 0.1) is 0 Å². The van der Waals surface area contributed by atoms with Gasteiger partial charge in [-0.15, -0.1) is 0 Å². The minimum atomic E-state index is -0.660. The SMILES string of the molecule is O=C1CCC(n2cc3c(CNC(=O)Nc4ccc5ccccc5c4)cccc3c2O)C(=O)N1. The van der Waals surface area contributed by atoms with Gasteiger partial charge in [0.05, 0.1) is 0 Å². The summed E-state index contributed by atoms with van der Waals surface area (Å²) in [6.45, 7) is 0.232. The lowest BCUT2D eigenvalue weighted by atomic mass is 10.1. The van der Waals surface area contributed by atoms with Crippen molar-refractivity contribution in [3.63, 3.8) is 0 Å². The Kier molecular flexibility index (Phi) is 5.18. The van der Waals surface area contributed by atoms with E-state index in [9.17, 15) is 19.5 Å². The molecule has 33 heavy (non-hydrogen) atoms. The molecule has 1 atom stereocenters. The highest BCUT2D eigenvalue weighted by atomic mass is 16.3. The van der Waals surface area contributed by atoms with Crippen LogP contribution in [-0.4, -0.2) is 27.5 Å². The predicted molar refractivity (Wildman–Crippen MR) is 125 cm³/mol. The van der Waals surface area contributed by atoms with Gasteiger partial charge in [0.15, 0.2) is 5.88 Å². The number of benzene rings is 3. The van der Waals surface area contributed by atoms with E-state index in [0.29, 0.717) is 17.5 Å². The molecule has 3 aromatic carbocycles. The molecule has 1 aliphatic heterocycles. The van der Waals surface area contributed by atoms with Crippen LogP contribution in [0.15, 0.2) is 66.9 Å². The van der Waals surface area contributed by atoms with E-state index in [1.807, 2.05) is 48.5 Å². The van der Waals surface area contributed by atoms with Crippen LogP contribution >= 0.6 is 0 Å². The summed E-state index contributed by atoms with van der Waals surface area (Å²) in [6.07, 6.45) is 2.23. The van der Waals surface area contributed by atoms with Gasteiger partial charge in [0.2, 0.25) is 11.8 Å². The lowest BCUT2D eigenvalue weighted by molar-refractivity contribution is -0.135. The largest absolute Gasteiger partial charge is 0.494 e. The standard InChI is InChI=1S/C25H22N4O4/c30-22-11-10-21(23(31)28-22)29-14-20-17(6-3-7-19(20)24(29)32)13-26-25(33)27-18-9-8-15-4-1-2-5-16(15)12-18/h1-9,12,14,21,32H,10-11,13H2,(H2,26,27,33)(H,28,30,31). The molecule has 0 radical (unpaired) electrons. The van der Waals surface area contributed by atoms with Crippen LogP contribution in [0.5, 0.6) is 5.88 Å². The molecule has 0 aliphatic carbocycles. The summed E-state index contributed by atoms with van der Waals surface area (Å²) in [5.41, 5.74) is 1.48. The van der Waals surface area contributed by atoms with Crippen molar-refractivity contribution in [1.29, 1.82) is 0 Å². The molecule has 4 N–H and O–H groups in total. The molecule has 1 fully saturated rings. The molecular formula is C25H22N4O4. The minimum absolute atomic E-state index is 0.0398. The Labute approximate surface area is 189 Å². The molecule has 4 amide bonds. The van der Waals surface area contributed by atoms with E-state index in [1.165, 1.54) is 4.57 Å². The molecular weight excluding hydrogens is 420 g/mol. The van der Waals surface area contributed by atoms with E-state index in [2.05, 4.69) is 16.0 Å². The zero-order chi connectivity index (χ0) is 22.9. The lowest BCUT2D eigenvalue weighted by Gasteiger charge is -2.22. The number of hydrogen-bond acceptors (Lipinski definition) is 4. The number of carbonyl (C=O) groups is 3. The first-order valence-corrected chi connectivity index (χ1v) is 10.7. The Morgan fingerprint density at radius 1 is 1.03 bits per heavy atom. The normalized spacial score (nSPS) is 16.1. The third-order valence-corrected chi connectivity index (χ3v) is 5.94. The van der Waals surface area contributed by atoms with Crippen LogP contribution < -0.4 is 16.0 Å². The molecule has 0 bridgehead atoms. The van der Waals surface area contributed by atoms with Gasteiger partial charge in [-0.1, -0.05) is 42.5 Å². The van der Waals surface area contributed by atoms with Gasteiger partial charge < -0.3 is 20.3 Å². The number of aromatic nitrogens is 1. The van der Waals surface area contributed by atoms with Crippen LogP contribution in [0.4, 0.5) is 10.5 Å². The monoisotopic (exact) mass is 442 g/mol. The Balaban J connectivity index is 1.33. The summed E-state index contributed by atoms with van der Waals surface area (Å²) >= 11 is 0. The molecule has 1 aliphatic rings. The van der Waals surface area contributed by atoms with E-state index in [4.69, 9.17) is 0 Å². The maximum atomic E-state index is 12.5. The van der Waals surface area contributed by atoms with Gasteiger partial charge >= 0.3 is 6.03 Å². The second-order valence-electron chi connectivity index (χ2n) is 8.07. The van der Waals surface area contributed by atoms with Crippen molar-refractivity contribution in [2.75, 3.05) is 5.32 Å². The van der Waals surface area contributed by atoms with Crippen molar-refractivity contribution in [2.45, 2.75) is 25.4 Å². The smallest absolute Gasteiger partial charge is 0.319 e. The number of hydrogen-bond donors (Lipinski definition) is 4. The molecule has 1 aromatic heterocycles. The van der Waals surface area contributed by atoms with Crippen LogP contribution in [-0.2, 0) is 16.1 Å². The quantitative estimate of drug-likeness (QED) is 0.360. The van der Waals surface area contributed by atoms with Crippen LogP contribution in [0.2, 0.25) is 0 Å². The number of anilines is 1. The summed E-state index contributed by atoms with van der Waals surface area (Å²) in [6, 6.07) is 18.0. The number of fused-ring (bicyclic) bond motifs is 2. The summed E-state index contributed by atoms with van der Waals surface area (Å²) < 4.78 is 1.49. The molecule has 2 heterocycles. The molecule has 8 heteroatoms. The molecule has 1 saturated heterocycles. The predicted octanol–water partition coefficient (Wildman–Crippen LogP) is 3.80. The number of imide groups is 1. The fourth-order valence-corrected chi connectivity index (χ4v) is 4.26. The fourth-order valence-electron chi connectivity index (χ4n) is 4.26. The van der Waals surface area contributed by atoms with Crippen molar-refractivity contribution in [1.82, 2.24) is 15.2 Å². The van der Waals surface area contributed by atoms with Crippen molar-refractivity contribution in [2.24, 2.45) is 0 Å². The third-order valence-electron chi connectivity index (χ3n) is 5.94. The van der Waals surface area contributed by atoms with Crippen LogP contribution in [0.1, 0.15) is 24.4 Å². The van der Waals surface area contributed by atoms with Crippen LogP contribution in [0.3, 0.4) is 0 Å². The van der Waals surface area contributed by atoms with E-state index in [-0.39, 0.29) is 30.8 Å². The first-order chi connectivity index (χ1) is 16.0. The highest BCUT2D eigenvalue weighted by Gasteiger charge is 2.30. The second kappa shape index (κ2) is 8.31. The number of carbonyl (C=O) groups excluding carboxylic acids is 3. The van der Waals surface area contributed by atoms with E-state index < -0.39 is 11.9 Å². The number of nitrogens with one attached hydrogen (secondary N) is 3. The van der Waals surface area contributed by atoms with Crippen molar-refractivity contribution < 1.29 is 19.5 Å². The van der Waals surface area contributed by atoms with Gasteiger partial charge in [-0.05, 0) is 41.0 Å². The van der Waals surface area contributed by atoms with Gasteiger partial charge in [-0.2, -0.15) is 0 Å². The fraction of sp³-hybridized carbons (Fsp3) is 0.160. The zero-order valence-electron chi connectivity index (χ0n) is 17.7. The zero-order valence-corrected chi connectivity index (χ0v) is 17.7.